The first-order chi connectivity index (χ1) is 10.8. The number of rotatable bonds is 5. The Hall–Kier alpha value is -1.70. The van der Waals surface area contributed by atoms with E-state index in [-0.39, 0.29) is 10.9 Å². The molecule has 0 unspecified atom stereocenters. The van der Waals surface area contributed by atoms with Gasteiger partial charge in [-0.2, -0.15) is 8.42 Å². The molecule has 7 heteroatoms. The molecule has 0 radical (unpaired) electrons. The number of hydrogen-bond donors (Lipinski definition) is 1. The van der Waals surface area contributed by atoms with Crippen LogP contribution in [0.5, 0.6) is 5.75 Å². The molecule has 122 valence electrons. The minimum atomic E-state index is -4.52. The van der Waals surface area contributed by atoms with Crippen molar-refractivity contribution < 1.29 is 22.5 Å². The Balaban J connectivity index is 2.88. The highest BCUT2D eigenvalue weighted by molar-refractivity contribution is 9.09. The van der Waals surface area contributed by atoms with E-state index < -0.39 is 20.8 Å². The van der Waals surface area contributed by atoms with Crippen molar-refractivity contribution in [3.63, 3.8) is 0 Å². The van der Waals surface area contributed by atoms with E-state index in [1.807, 2.05) is 0 Å². The average Bonchev–Trinajstić information content (AvgIpc) is 2.52. The summed E-state index contributed by atoms with van der Waals surface area (Å²) in [7, 11) is -3.01. The fourth-order valence-corrected chi connectivity index (χ4v) is 3.39. The van der Waals surface area contributed by atoms with Gasteiger partial charge in [0.2, 0.25) is 0 Å². The Morgan fingerprint density at radius 3 is 2.52 bits per heavy atom. The summed E-state index contributed by atoms with van der Waals surface area (Å²) in [5, 5.41) is -0.0596. The standard InChI is InChI=1S/C16H15BrO5S/c1-10-6-7-14(23(19,20)21)16(13(18)9-17)15(10)11-4-3-5-12(8-11)22-2/h3-8H,9H2,1-2H3,(H,19,20,21). The lowest BCUT2D eigenvalue weighted by Crippen LogP contribution is -2.12. The first-order valence-electron chi connectivity index (χ1n) is 6.64. The molecule has 2 aromatic carbocycles. The molecule has 2 rings (SSSR count). The maximum atomic E-state index is 12.3. The smallest absolute Gasteiger partial charge is 0.295 e. The van der Waals surface area contributed by atoms with E-state index >= 15 is 0 Å². The lowest BCUT2D eigenvalue weighted by atomic mass is 9.93. The van der Waals surface area contributed by atoms with E-state index in [1.54, 1.807) is 37.3 Å². The van der Waals surface area contributed by atoms with Crippen LogP contribution in [-0.2, 0) is 10.1 Å². The molecule has 2 aromatic rings. The Kier molecular flexibility index (Phi) is 5.23. The predicted molar refractivity (Wildman–Crippen MR) is 91.1 cm³/mol. The topological polar surface area (TPSA) is 80.7 Å². The molecule has 0 aliphatic carbocycles. The zero-order valence-electron chi connectivity index (χ0n) is 12.5. The lowest BCUT2D eigenvalue weighted by Gasteiger charge is -2.15. The molecule has 0 heterocycles. The van der Waals surface area contributed by atoms with Crippen molar-refractivity contribution in [2.75, 3.05) is 12.4 Å². The van der Waals surface area contributed by atoms with Gasteiger partial charge in [-0.05, 0) is 41.8 Å². The van der Waals surface area contributed by atoms with Gasteiger partial charge in [-0.25, -0.2) is 0 Å². The quantitative estimate of drug-likeness (QED) is 0.473. The number of carbonyl (C=O) groups excluding carboxylic acids is 1. The van der Waals surface area contributed by atoms with E-state index in [2.05, 4.69) is 15.9 Å². The van der Waals surface area contributed by atoms with Crippen molar-refractivity contribution in [3.05, 3.63) is 47.5 Å². The van der Waals surface area contributed by atoms with Crippen LogP contribution in [0.15, 0.2) is 41.3 Å². The third-order valence-electron chi connectivity index (χ3n) is 3.41. The molecule has 0 saturated heterocycles. The second-order valence-electron chi connectivity index (χ2n) is 4.89. The molecule has 0 fully saturated rings. The van der Waals surface area contributed by atoms with Gasteiger partial charge in [-0.1, -0.05) is 34.1 Å². The van der Waals surface area contributed by atoms with E-state index in [1.165, 1.54) is 13.2 Å². The zero-order chi connectivity index (χ0) is 17.2. The third kappa shape index (κ3) is 3.63. The highest BCUT2D eigenvalue weighted by Crippen LogP contribution is 2.34. The Bertz CT molecular complexity index is 859. The summed E-state index contributed by atoms with van der Waals surface area (Å²) in [5.74, 6) is 0.149. The van der Waals surface area contributed by atoms with Gasteiger partial charge in [0.05, 0.1) is 12.4 Å². The van der Waals surface area contributed by atoms with Gasteiger partial charge in [-0.15, -0.1) is 0 Å². The average molecular weight is 399 g/mol. The molecular formula is C16H15BrO5S. The van der Waals surface area contributed by atoms with Crippen molar-refractivity contribution in [2.45, 2.75) is 11.8 Å². The number of carbonyl (C=O) groups is 1. The molecule has 0 bridgehead atoms. The van der Waals surface area contributed by atoms with E-state index in [0.717, 1.165) is 5.56 Å². The van der Waals surface area contributed by atoms with E-state index in [0.29, 0.717) is 16.9 Å². The van der Waals surface area contributed by atoms with Crippen LogP contribution in [0.25, 0.3) is 11.1 Å². The maximum absolute atomic E-state index is 12.3. The van der Waals surface area contributed by atoms with E-state index in [4.69, 9.17) is 4.74 Å². The molecule has 23 heavy (non-hydrogen) atoms. The van der Waals surface area contributed by atoms with Crippen molar-refractivity contribution >= 4 is 31.8 Å². The predicted octanol–water partition coefficient (Wildman–Crippen LogP) is 3.49. The molecular weight excluding hydrogens is 384 g/mol. The molecule has 5 nitrogen and oxygen atoms in total. The van der Waals surface area contributed by atoms with Gasteiger partial charge in [0.1, 0.15) is 10.6 Å². The van der Waals surface area contributed by atoms with Crippen molar-refractivity contribution in [3.8, 4) is 16.9 Å². The highest BCUT2D eigenvalue weighted by atomic mass is 79.9. The molecule has 0 saturated carbocycles. The molecule has 0 aliphatic rings. The number of alkyl halides is 1. The van der Waals surface area contributed by atoms with Crippen LogP contribution in [-0.4, -0.2) is 31.2 Å². The van der Waals surface area contributed by atoms with Crippen LogP contribution in [0.2, 0.25) is 0 Å². The summed E-state index contributed by atoms with van der Waals surface area (Å²) in [5.41, 5.74) is 1.78. The third-order valence-corrected chi connectivity index (χ3v) is 4.82. The summed E-state index contributed by atoms with van der Waals surface area (Å²) < 4.78 is 37.9. The molecule has 0 aliphatic heterocycles. The van der Waals surface area contributed by atoms with Crippen LogP contribution >= 0.6 is 15.9 Å². The fraction of sp³-hybridized carbons (Fsp3) is 0.188. The van der Waals surface area contributed by atoms with Gasteiger partial charge in [0, 0.05) is 5.56 Å². The minimum absolute atomic E-state index is 0.0300. The number of hydrogen-bond acceptors (Lipinski definition) is 4. The number of aryl methyl sites for hydroxylation is 1. The number of methoxy groups -OCH3 is 1. The van der Waals surface area contributed by atoms with Crippen LogP contribution in [0.4, 0.5) is 0 Å². The number of ketones is 1. The molecule has 0 amide bonds. The normalized spacial score (nSPS) is 11.3. The number of halogens is 1. The van der Waals surface area contributed by atoms with Gasteiger partial charge >= 0.3 is 0 Å². The Morgan fingerprint density at radius 2 is 1.96 bits per heavy atom. The van der Waals surface area contributed by atoms with Crippen molar-refractivity contribution in [1.82, 2.24) is 0 Å². The molecule has 0 aromatic heterocycles. The van der Waals surface area contributed by atoms with Gasteiger partial charge in [0.15, 0.2) is 5.78 Å². The summed E-state index contributed by atoms with van der Waals surface area (Å²) in [6.07, 6.45) is 0. The summed E-state index contributed by atoms with van der Waals surface area (Å²) in [6.45, 7) is 1.77. The largest absolute Gasteiger partial charge is 0.497 e. The Labute approximate surface area is 143 Å². The monoisotopic (exact) mass is 398 g/mol. The van der Waals surface area contributed by atoms with Gasteiger partial charge in [0.25, 0.3) is 10.1 Å². The number of benzene rings is 2. The summed E-state index contributed by atoms with van der Waals surface area (Å²) in [6, 6.07) is 9.76. The van der Waals surface area contributed by atoms with Crippen LogP contribution < -0.4 is 4.74 Å². The zero-order valence-corrected chi connectivity index (χ0v) is 14.9. The first-order valence-corrected chi connectivity index (χ1v) is 9.20. The SMILES string of the molecule is COc1cccc(-c2c(C)ccc(S(=O)(=O)O)c2C(=O)CBr)c1. The lowest BCUT2D eigenvalue weighted by molar-refractivity contribution is 0.102. The van der Waals surface area contributed by atoms with Crippen molar-refractivity contribution in [1.29, 1.82) is 0 Å². The van der Waals surface area contributed by atoms with Gasteiger partial charge < -0.3 is 4.74 Å². The van der Waals surface area contributed by atoms with E-state index in [9.17, 15) is 17.8 Å². The van der Waals surface area contributed by atoms with Crippen molar-refractivity contribution in [2.24, 2.45) is 0 Å². The minimum Gasteiger partial charge on any atom is -0.497 e. The van der Waals surface area contributed by atoms with Crippen LogP contribution in [0.3, 0.4) is 0 Å². The first kappa shape index (κ1) is 17.7. The van der Waals surface area contributed by atoms with Gasteiger partial charge in [-0.3, -0.25) is 9.35 Å². The fourth-order valence-electron chi connectivity index (χ4n) is 2.40. The summed E-state index contributed by atoms with van der Waals surface area (Å²) in [4.78, 5) is 11.9. The molecule has 0 spiro atoms. The van der Waals surface area contributed by atoms with Crippen LogP contribution in [0.1, 0.15) is 15.9 Å². The Morgan fingerprint density at radius 1 is 1.26 bits per heavy atom. The second-order valence-corrected chi connectivity index (χ2v) is 6.85. The molecule has 1 N–H and O–H groups in total. The number of Topliss-reactive ketones (excluding diaryl/α,β-unsaturated/α-hetero) is 1. The number of ether oxygens (including phenoxy) is 1. The maximum Gasteiger partial charge on any atom is 0.295 e. The summed E-state index contributed by atoms with van der Waals surface area (Å²) >= 11 is 3.06. The second kappa shape index (κ2) is 6.82. The van der Waals surface area contributed by atoms with Crippen LogP contribution in [0, 0.1) is 6.92 Å². The highest BCUT2D eigenvalue weighted by Gasteiger charge is 2.25. The molecule has 0 atom stereocenters.